The van der Waals surface area contributed by atoms with Crippen molar-refractivity contribution in [2.75, 3.05) is 6.54 Å². The molecule has 1 heterocycles. The van der Waals surface area contributed by atoms with Gasteiger partial charge in [-0.25, -0.2) is 0 Å². The van der Waals surface area contributed by atoms with Crippen LogP contribution in [0.5, 0.6) is 0 Å². The smallest absolute Gasteiger partial charge is 0.310 e. The normalized spacial score (nSPS) is 8.94. The first kappa shape index (κ1) is 11.7. The van der Waals surface area contributed by atoms with Gasteiger partial charge in [0.2, 0.25) is 0 Å². The molecule has 0 aromatic carbocycles. The van der Waals surface area contributed by atoms with Crippen molar-refractivity contribution in [3.05, 3.63) is 30.1 Å². The minimum atomic E-state index is -0.814. The number of rotatable bonds is 3. The molecule has 16 heavy (non-hydrogen) atoms. The third kappa shape index (κ3) is 3.75. The third-order valence-electron chi connectivity index (χ3n) is 1.71. The molecule has 0 bridgehead atoms. The highest BCUT2D eigenvalue weighted by atomic mass is 16.2. The van der Waals surface area contributed by atoms with Crippen molar-refractivity contribution < 1.29 is 9.59 Å². The molecule has 1 rings (SSSR count). The van der Waals surface area contributed by atoms with Crippen molar-refractivity contribution >= 4 is 11.8 Å². The zero-order chi connectivity index (χ0) is 11.8. The lowest BCUT2D eigenvalue weighted by Gasteiger charge is -2.03. The highest BCUT2D eigenvalue weighted by Gasteiger charge is 2.11. The molecule has 0 fully saturated rings. The lowest BCUT2D eigenvalue weighted by Crippen LogP contribution is -2.39. The number of pyridine rings is 1. The standard InChI is InChI=1S/C10H10N4O2/c11-3-5-13-9(15)10(16)14-7-8-2-1-4-12-6-8/h1-2,4,6H,5,7H2,(H,13,15)(H,14,16). The van der Waals surface area contributed by atoms with Gasteiger partial charge >= 0.3 is 11.8 Å². The van der Waals surface area contributed by atoms with Gasteiger partial charge in [0.15, 0.2) is 0 Å². The van der Waals surface area contributed by atoms with Crippen molar-refractivity contribution in [1.82, 2.24) is 15.6 Å². The number of carbonyl (C=O) groups excluding carboxylic acids is 2. The Labute approximate surface area is 92.3 Å². The first-order valence-electron chi connectivity index (χ1n) is 4.56. The van der Waals surface area contributed by atoms with E-state index in [-0.39, 0.29) is 13.1 Å². The van der Waals surface area contributed by atoms with E-state index in [0.717, 1.165) is 5.56 Å². The van der Waals surface area contributed by atoms with E-state index in [1.165, 1.54) is 0 Å². The van der Waals surface area contributed by atoms with Gasteiger partial charge in [0.1, 0.15) is 6.54 Å². The number of nitriles is 1. The molecule has 0 radical (unpaired) electrons. The van der Waals surface area contributed by atoms with Crippen molar-refractivity contribution in [2.45, 2.75) is 6.54 Å². The van der Waals surface area contributed by atoms with Crippen LogP contribution in [0.1, 0.15) is 5.56 Å². The van der Waals surface area contributed by atoms with Crippen LogP contribution in [0.15, 0.2) is 24.5 Å². The molecule has 6 nitrogen and oxygen atoms in total. The average molecular weight is 218 g/mol. The SMILES string of the molecule is N#CCNC(=O)C(=O)NCc1cccnc1. The molecule has 0 unspecified atom stereocenters. The number of nitrogens with zero attached hydrogens (tertiary/aromatic N) is 2. The van der Waals surface area contributed by atoms with Crippen LogP contribution in [0.3, 0.4) is 0 Å². The first-order chi connectivity index (χ1) is 7.74. The average Bonchev–Trinajstić information content (AvgIpc) is 2.34. The number of carbonyl (C=O) groups is 2. The molecule has 0 atom stereocenters. The topological polar surface area (TPSA) is 94.9 Å². The Hall–Kier alpha value is -2.42. The van der Waals surface area contributed by atoms with E-state index in [4.69, 9.17) is 5.26 Å². The minimum Gasteiger partial charge on any atom is -0.344 e. The predicted octanol–water partition coefficient (Wildman–Crippen LogP) is -0.662. The van der Waals surface area contributed by atoms with E-state index in [0.29, 0.717) is 0 Å². The molecule has 82 valence electrons. The van der Waals surface area contributed by atoms with Crippen LogP contribution in [0.25, 0.3) is 0 Å². The van der Waals surface area contributed by atoms with E-state index in [9.17, 15) is 9.59 Å². The molecule has 0 aliphatic rings. The number of nitrogens with one attached hydrogen (secondary N) is 2. The molecule has 2 N–H and O–H groups in total. The molecule has 0 saturated heterocycles. The minimum absolute atomic E-state index is 0.181. The van der Waals surface area contributed by atoms with Gasteiger partial charge in [0, 0.05) is 18.9 Å². The maximum Gasteiger partial charge on any atom is 0.310 e. The van der Waals surface area contributed by atoms with Gasteiger partial charge in [-0.05, 0) is 11.6 Å². The lowest BCUT2D eigenvalue weighted by atomic mass is 10.3. The van der Waals surface area contributed by atoms with Crippen molar-refractivity contribution in [3.8, 4) is 6.07 Å². The van der Waals surface area contributed by atoms with Crippen molar-refractivity contribution in [3.63, 3.8) is 0 Å². The van der Waals surface area contributed by atoms with E-state index >= 15 is 0 Å². The van der Waals surface area contributed by atoms with Gasteiger partial charge in [-0.3, -0.25) is 14.6 Å². The summed E-state index contributed by atoms with van der Waals surface area (Å²) in [5.74, 6) is -1.58. The molecule has 6 heteroatoms. The van der Waals surface area contributed by atoms with E-state index in [2.05, 4.69) is 15.6 Å². The summed E-state index contributed by atoms with van der Waals surface area (Å²) in [6.07, 6.45) is 3.21. The van der Waals surface area contributed by atoms with Crippen LogP contribution >= 0.6 is 0 Å². The Bertz CT molecular complexity index is 411. The molecule has 0 aliphatic heterocycles. The first-order valence-corrected chi connectivity index (χ1v) is 4.56. The second kappa shape index (κ2) is 6.14. The van der Waals surface area contributed by atoms with Crippen LogP contribution in [0.2, 0.25) is 0 Å². The van der Waals surface area contributed by atoms with Crippen molar-refractivity contribution in [1.29, 1.82) is 5.26 Å². The number of amides is 2. The summed E-state index contributed by atoms with van der Waals surface area (Å²) < 4.78 is 0. The van der Waals surface area contributed by atoms with Gasteiger partial charge in [-0.1, -0.05) is 6.07 Å². The predicted molar refractivity (Wildman–Crippen MR) is 54.7 cm³/mol. The van der Waals surface area contributed by atoms with Crippen molar-refractivity contribution in [2.24, 2.45) is 0 Å². The molecule has 0 aliphatic carbocycles. The molecule has 0 saturated carbocycles. The Morgan fingerprint density at radius 2 is 2.12 bits per heavy atom. The quantitative estimate of drug-likeness (QED) is 0.520. The molecular formula is C10H10N4O2. The molecule has 0 spiro atoms. The number of aromatic nitrogens is 1. The summed E-state index contributed by atoms with van der Waals surface area (Å²) >= 11 is 0. The summed E-state index contributed by atoms with van der Waals surface area (Å²) in [4.78, 5) is 26.1. The van der Waals surface area contributed by atoms with Crippen LogP contribution < -0.4 is 10.6 Å². The van der Waals surface area contributed by atoms with Crippen LogP contribution in [0, 0.1) is 11.3 Å². The maximum absolute atomic E-state index is 11.2. The number of hydrogen-bond donors (Lipinski definition) is 2. The zero-order valence-corrected chi connectivity index (χ0v) is 8.43. The molecular weight excluding hydrogens is 208 g/mol. The van der Waals surface area contributed by atoms with Gasteiger partial charge < -0.3 is 10.6 Å². The Morgan fingerprint density at radius 1 is 1.38 bits per heavy atom. The van der Waals surface area contributed by atoms with E-state index in [1.54, 1.807) is 30.6 Å². The second-order valence-corrected chi connectivity index (χ2v) is 2.88. The van der Waals surface area contributed by atoms with Gasteiger partial charge in [-0.15, -0.1) is 0 Å². The number of hydrogen-bond acceptors (Lipinski definition) is 4. The molecule has 1 aromatic rings. The third-order valence-corrected chi connectivity index (χ3v) is 1.71. The fourth-order valence-electron chi connectivity index (χ4n) is 0.965. The second-order valence-electron chi connectivity index (χ2n) is 2.88. The zero-order valence-electron chi connectivity index (χ0n) is 8.43. The summed E-state index contributed by atoms with van der Waals surface area (Å²) in [7, 11) is 0. The maximum atomic E-state index is 11.2. The largest absolute Gasteiger partial charge is 0.344 e. The van der Waals surface area contributed by atoms with Crippen LogP contribution in [-0.2, 0) is 16.1 Å². The fourth-order valence-corrected chi connectivity index (χ4v) is 0.965. The Kier molecular flexibility index (Phi) is 4.47. The molecule has 2 amide bonds. The summed E-state index contributed by atoms with van der Waals surface area (Å²) in [5, 5.41) is 12.7. The van der Waals surface area contributed by atoms with E-state index < -0.39 is 11.8 Å². The lowest BCUT2D eigenvalue weighted by molar-refractivity contribution is -0.139. The van der Waals surface area contributed by atoms with Gasteiger partial charge in [0.05, 0.1) is 6.07 Å². The fraction of sp³-hybridized carbons (Fsp3) is 0.200. The Balaban J connectivity index is 2.36. The van der Waals surface area contributed by atoms with Crippen LogP contribution in [0.4, 0.5) is 0 Å². The molecule has 1 aromatic heterocycles. The summed E-state index contributed by atoms with van der Waals surface area (Å²) in [6, 6.07) is 5.22. The van der Waals surface area contributed by atoms with E-state index in [1.807, 2.05) is 0 Å². The highest BCUT2D eigenvalue weighted by molar-refractivity contribution is 6.35. The Morgan fingerprint density at radius 3 is 2.75 bits per heavy atom. The highest BCUT2D eigenvalue weighted by Crippen LogP contribution is 1.93. The van der Waals surface area contributed by atoms with Gasteiger partial charge in [0.25, 0.3) is 0 Å². The monoisotopic (exact) mass is 218 g/mol. The van der Waals surface area contributed by atoms with Crippen LogP contribution in [-0.4, -0.2) is 23.3 Å². The summed E-state index contributed by atoms with van der Waals surface area (Å²) in [6.45, 7) is 0.0474. The van der Waals surface area contributed by atoms with Gasteiger partial charge in [-0.2, -0.15) is 5.26 Å². The summed E-state index contributed by atoms with van der Waals surface area (Å²) in [5.41, 5.74) is 0.795.